The number of nitrogens with zero attached hydrogens (tertiary/aromatic N) is 1. The van der Waals surface area contributed by atoms with Crippen LogP contribution in [0.15, 0.2) is 42.5 Å². The van der Waals surface area contributed by atoms with Gasteiger partial charge in [-0.15, -0.1) is 0 Å². The van der Waals surface area contributed by atoms with E-state index < -0.39 is 6.04 Å². The van der Waals surface area contributed by atoms with Crippen molar-refractivity contribution in [2.24, 2.45) is 0 Å². The molecule has 0 fully saturated rings. The summed E-state index contributed by atoms with van der Waals surface area (Å²) in [5, 5.41) is 0. The highest BCUT2D eigenvalue weighted by Crippen LogP contribution is 2.27. The summed E-state index contributed by atoms with van der Waals surface area (Å²) in [7, 11) is 4.69. The number of halogens is 1. The molecule has 0 saturated heterocycles. The maximum absolute atomic E-state index is 13.9. The standard InChI is InChI=1S/C18H20FNO3/c1-12(16-7-5-6-8-17(16)19)20(2)18(21)13-9-14(22-3)11-15(10-13)23-4/h5-12H,1-4H3. The summed E-state index contributed by atoms with van der Waals surface area (Å²) in [4.78, 5) is 14.2. The molecule has 122 valence electrons. The Labute approximate surface area is 135 Å². The number of hydrogen-bond donors (Lipinski definition) is 0. The third kappa shape index (κ3) is 3.62. The summed E-state index contributed by atoms with van der Waals surface area (Å²) >= 11 is 0. The van der Waals surface area contributed by atoms with Gasteiger partial charge in [0.05, 0.1) is 20.3 Å². The van der Waals surface area contributed by atoms with Crippen LogP contribution in [0.1, 0.15) is 28.9 Å². The lowest BCUT2D eigenvalue weighted by Crippen LogP contribution is -2.30. The number of methoxy groups -OCH3 is 2. The SMILES string of the molecule is COc1cc(OC)cc(C(=O)N(C)C(C)c2ccccc2F)c1. The molecule has 2 aromatic rings. The monoisotopic (exact) mass is 317 g/mol. The lowest BCUT2D eigenvalue weighted by Gasteiger charge is -2.26. The fourth-order valence-corrected chi connectivity index (χ4v) is 2.33. The van der Waals surface area contributed by atoms with Crippen molar-refractivity contribution in [2.45, 2.75) is 13.0 Å². The highest BCUT2D eigenvalue weighted by molar-refractivity contribution is 5.95. The highest BCUT2D eigenvalue weighted by atomic mass is 19.1. The van der Waals surface area contributed by atoms with Crippen LogP contribution in [0, 0.1) is 5.82 Å². The first-order valence-corrected chi connectivity index (χ1v) is 7.22. The third-order valence-corrected chi connectivity index (χ3v) is 3.85. The normalized spacial score (nSPS) is 11.7. The predicted molar refractivity (Wildman–Crippen MR) is 86.5 cm³/mol. The minimum Gasteiger partial charge on any atom is -0.497 e. The molecule has 0 saturated carbocycles. The van der Waals surface area contributed by atoms with Crippen molar-refractivity contribution in [1.29, 1.82) is 0 Å². The Morgan fingerprint density at radius 1 is 1.09 bits per heavy atom. The molecule has 1 atom stereocenters. The Morgan fingerprint density at radius 2 is 1.65 bits per heavy atom. The van der Waals surface area contributed by atoms with Gasteiger partial charge in [0.2, 0.25) is 0 Å². The van der Waals surface area contributed by atoms with Gasteiger partial charge in [0, 0.05) is 24.2 Å². The van der Waals surface area contributed by atoms with Gasteiger partial charge >= 0.3 is 0 Å². The molecule has 2 rings (SSSR count). The second-order valence-corrected chi connectivity index (χ2v) is 5.21. The highest BCUT2D eigenvalue weighted by Gasteiger charge is 2.22. The molecule has 1 amide bonds. The van der Waals surface area contributed by atoms with Crippen LogP contribution in [0.3, 0.4) is 0 Å². The van der Waals surface area contributed by atoms with E-state index in [0.717, 1.165) is 0 Å². The van der Waals surface area contributed by atoms with Gasteiger partial charge in [-0.1, -0.05) is 18.2 Å². The van der Waals surface area contributed by atoms with Gasteiger partial charge < -0.3 is 14.4 Å². The van der Waals surface area contributed by atoms with E-state index in [0.29, 0.717) is 22.6 Å². The van der Waals surface area contributed by atoms with E-state index in [4.69, 9.17) is 9.47 Å². The largest absolute Gasteiger partial charge is 0.497 e. The number of ether oxygens (including phenoxy) is 2. The van der Waals surface area contributed by atoms with Gasteiger partial charge in [0.25, 0.3) is 5.91 Å². The zero-order valence-corrected chi connectivity index (χ0v) is 13.7. The Balaban J connectivity index is 2.31. The van der Waals surface area contributed by atoms with Crippen molar-refractivity contribution in [3.05, 3.63) is 59.4 Å². The number of rotatable bonds is 5. The molecule has 0 aromatic heterocycles. The fraction of sp³-hybridized carbons (Fsp3) is 0.278. The minimum atomic E-state index is -0.402. The summed E-state index contributed by atoms with van der Waals surface area (Å²) in [5.74, 6) is 0.486. The van der Waals surface area contributed by atoms with Gasteiger partial charge in [-0.25, -0.2) is 4.39 Å². The second kappa shape index (κ2) is 7.13. The molecule has 23 heavy (non-hydrogen) atoms. The van der Waals surface area contributed by atoms with Gasteiger partial charge in [0.1, 0.15) is 17.3 Å². The van der Waals surface area contributed by atoms with Crippen molar-refractivity contribution in [3.63, 3.8) is 0 Å². The third-order valence-electron chi connectivity index (χ3n) is 3.85. The van der Waals surface area contributed by atoms with E-state index in [2.05, 4.69) is 0 Å². The number of benzene rings is 2. The number of hydrogen-bond acceptors (Lipinski definition) is 3. The van der Waals surface area contributed by atoms with Crippen LogP contribution >= 0.6 is 0 Å². The van der Waals surface area contributed by atoms with Crippen LogP contribution in [0.25, 0.3) is 0 Å². The van der Waals surface area contributed by atoms with E-state index in [-0.39, 0.29) is 11.7 Å². The smallest absolute Gasteiger partial charge is 0.254 e. The van der Waals surface area contributed by atoms with Crippen LogP contribution in [0.4, 0.5) is 4.39 Å². The topological polar surface area (TPSA) is 38.8 Å². The van der Waals surface area contributed by atoms with E-state index >= 15 is 0 Å². The van der Waals surface area contributed by atoms with Crippen molar-refractivity contribution in [3.8, 4) is 11.5 Å². The molecule has 1 unspecified atom stereocenters. The van der Waals surface area contributed by atoms with E-state index in [9.17, 15) is 9.18 Å². The van der Waals surface area contributed by atoms with Crippen LogP contribution in [0.5, 0.6) is 11.5 Å². The summed E-state index contributed by atoms with van der Waals surface area (Å²) in [6, 6.07) is 11.0. The molecule has 0 N–H and O–H groups in total. The molecule has 2 aromatic carbocycles. The quantitative estimate of drug-likeness (QED) is 0.844. The number of carbonyl (C=O) groups excluding carboxylic acids is 1. The Hall–Kier alpha value is -2.56. The van der Waals surface area contributed by atoms with E-state index in [1.165, 1.54) is 25.2 Å². The molecule has 0 aliphatic heterocycles. The van der Waals surface area contributed by atoms with Crippen molar-refractivity contribution >= 4 is 5.91 Å². The average Bonchev–Trinajstić information content (AvgIpc) is 2.59. The van der Waals surface area contributed by atoms with E-state index in [1.807, 2.05) is 0 Å². The average molecular weight is 317 g/mol. The molecule has 0 bridgehead atoms. The molecule has 0 heterocycles. The molecule has 0 spiro atoms. The van der Waals surface area contributed by atoms with Crippen molar-refractivity contribution < 1.29 is 18.7 Å². The summed E-state index contributed by atoms with van der Waals surface area (Å²) in [6.07, 6.45) is 0. The molecular formula is C18H20FNO3. The molecule has 0 aliphatic carbocycles. The maximum Gasteiger partial charge on any atom is 0.254 e. The Bertz CT molecular complexity index is 680. The number of amides is 1. The summed E-state index contributed by atoms with van der Waals surface area (Å²) in [5.41, 5.74) is 0.894. The van der Waals surface area contributed by atoms with Gasteiger partial charge in [0.15, 0.2) is 0 Å². The lowest BCUT2D eigenvalue weighted by atomic mass is 10.1. The molecule has 4 nitrogen and oxygen atoms in total. The zero-order valence-electron chi connectivity index (χ0n) is 13.7. The van der Waals surface area contributed by atoms with Gasteiger partial charge in [-0.05, 0) is 25.1 Å². The van der Waals surface area contributed by atoms with Crippen LogP contribution in [0.2, 0.25) is 0 Å². The van der Waals surface area contributed by atoms with Gasteiger partial charge in [-0.3, -0.25) is 4.79 Å². The van der Waals surface area contributed by atoms with Crippen molar-refractivity contribution in [1.82, 2.24) is 4.90 Å². The first kappa shape index (κ1) is 16.8. The van der Waals surface area contributed by atoms with Gasteiger partial charge in [-0.2, -0.15) is 0 Å². The van der Waals surface area contributed by atoms with Crippen LogP contribution < -0.4 is 9.47 Å². The number of carbonyl (C=O) groups is 1. The first-order valence-electron chi connectivity index (χ1n) is 7.22. The predicted octanol–water partition coefficient (Wildman–Crippen LogP) is 3.68. The maximum atomic E-state index is 13.9. The summed E-state index contributed by atoms with van der Waals surface area (Å²) in [6.45, 7) is 1.79. The molecule has 0 radical (unpaired) electrons. The second-order valence-electron chi connectivity index (χ2n) is 5.21. The molecule has 0 aliphatic rings. The molecule has 5 heteroatoms. The zero-order chi connectivity index (χ0) is 17.0. The Kier molecular flexibility index (Phi) is 5.21. The summed E-state index contributed by atoms with van der Waals surface area (Å²) < 4.78 is 24.3. The Morgan fingerprint density at radius 3 is 2.17 bits per heavy atom. The molecular weight excluding hydrogens is 297 g/mol. The van der Waals surface area contributed by atoms with Crippen LogP contribution in [-0.2, 0) is 0 Å². The van der Waals surface area contributed by atoms with E-state index in [1.54, 1.807) is 50.4 Å². The van der Waals surface area contributed by atoms with Crippen molar-refractivity contribution in [2.75, 3.05) is 21.3 Å². The van der Waals surface area contributed by atoms with Crippen LogP contribution in [-0.4, -0.2) is 32.1 Å². The fourth-order valence-electron chi connectivity index (χ4n) is 2.33. The first-order chi connectivity index (χ1) is 11.0. The lowest BCUT2D eigenvalue weighted by molar-refractivity contribution is 0.0739. The minimum absolute atomic E-state index is 0.238.